The summed E-state index contributed by atoms with van der Waals surface area (Å²) < 4.78 is 5.20. The van der Waals surface area contributed by atoms with Crippen LogP contribution in [-0.4, -0.2) is 12.6 Å². The van der Waals surface area contributed by atoms with E-state index in [2.05, 4.69) is 32.9 Å². The summed E-state index contributed by atoms with van der Waals surface area (Å²) in [4.78, 5) is 11.6. The summed E-state index contributed by atoms with van der Waals surface area (Å²) in [6, 6.07) is 9.65. The fourth-order valence-corrected chi connectivity index (χ4v) is 1.90. The van der Waals surface area contributed by atoms with Gasteiger partial charge in [-0.25, -0.2) is 0 Å². The molecule has 0 aliphatic rings. The molecule has 2 nitrogen and oxygen atoms in total. The van der Waals surface area contributed by atoms with Crippen molar-refractivity contribution in [2.75, 3.05) is 6.61 Å². The van der Waals surface area contributed by atoms with Gasteiger partial charge in [-0.15, -0.1) is 0 Å². The van der Waals surface area contributed by atoms with Crippen molar-refractivity contribution in [3.05, 3.63) is 59.7 Å². The highest BCUT2D eigenvalue weighted by molar-refractivity contribution is 5.72. The molecule has 0 heterocycles. The molecule has 0 saturated heterocycles. The van der Waals surface area contributed by atoms with E-state index < -0.39 is 0 Å². The monoisotopic (exact) mass is 272 g/mol. The van der Waals surface area contributed by atoms with Gasteiger partial charge in [0.2, 0.25) is 0 Å². The SMILES string of the molecule is CC(/C=C/CCOC(=O)Cc1ccccc1)=C\C(C)C. The Morgan fingerprint density at radius 3 is 2.60 bits per heavy atom. The Hall–Kier alpha value is -1.83. The molecular weight excluding hydrogens is 248 g/mol. The third kappa shape index (κ3) is 7.57. The Bertz CT molecular complexity index is 456. The van der Waals surface area contributed by atoms with Crippen molar-refractivity contribution < 1.29 is 9.53 Å². The third-order valence-corrected chi connectivity index (χ3v) is 2.72. The van der Waals surface area contributed by atoms with Crippen LogP contribution in [0.15, 0.2) is 54.1 Å². The number of benzene rings is 1. The molecule has 20 heavy (non-hydrogen) atoms. The minimum Gasteiger partial charge on any atom is -0.465 e. The summed E-state index contributed by atoms with van der Waals surface area (Å²) in [6.07, 6.45) is 7.42. The fourth-order valence-electron chi connectivity index (χ4n) is 1.90. The van der Waals surface area contributed by atoms with E-state index in [-0.39, 0.29) is 5.97 Å². The van der Waals surface area contributed by atoms with Gasteiger partial charge in [0.25, 0.3) is 0 Å². The van der Waals surface area contributed by atoms with Crippen molar-refractivity contribution in [2.24, 2.45) is 5.92 Å². The maximum Gasteiger partial charge on any atom is 0.310 e. The van der Waals surface area contributed by atoms with E-state index in [1.54, 1.807) is 0 Å². The zero-order chi connectivity index (χ0) is 14.8. The molecule has 1 rings (SSSR count). The van der Waals surface area contributed by atoms with E-state index in [0.717, 1.165) is 12.0 Å². The zero-order valence-corrected chi connectivity index (χ0v) is 12.6. The topological polar surface area (TPSA) is 26.3 Å². The molecule has 0 aliphatic carbocycles. The molecule has 0 saturated carbocycles. The Morgan fingerprint density at radius 2 is 1.95 bits per heavy atom. The summed E-state index contributed by atoms with van der Waals surface area (Å²) in [5.74, 6) is 0.391. The number of ether oxygens (including phenoxy) is 1. The van der Waals surface area contributed by atoms with Gasteiger partial charge in [0, 0.05) is 0 Å². The number of allylic oxidation sites excluding steroid dienone is 3. The van der Waals surface area contributed by atoms with Crippen molar-refractivity contribution in [1.29, 1.82) is 0 Å². The van der Waals surface area contributed by atoms with Crippen LogP contribution in [0.2, 0.25) is 0 Å². The van der Waals surface area contributed by atoms with Crippen molar-refractivity contribution >= 4 is 5.97 Å². The van der Waals surface area contributed by atoms with Gasteiger partial charge < -0.3 is 4.74 Å². The highest BCUT2D eigenvalue weighted by atomic mass is 16.5. The van der Waals surface area contributed by atoms with Gasteiger partial charge in [-0.05, 0) is 24.8 Å². The quantitative estimate of drug-likeness (QED) is 0.420. The second-order valence-corrected chi connectivity index (χ2v) is 5.23. The van der Waals surface area contributed by atoms with Crippen LogP contribution in [-0.2, 0) is 16.0 Å². The van der Waals surface area contributed by atoms with E-state index in [9.17, 15) is 4.79 Å². The zero-order valence-electron chi connectivity index (χ0n) is 12.6. The summed E-state index contributed by atoms with van der Waals surface area (Å²) >= 11 is 0. The van der Waals surface area contributed by atoms with Crippen LogP contribution < -0.4 is 0 Å². The van der Waals surface area contributed by atoms with E-state index in [0.29, 0.717) is 18.9 Å². The molecule has 0 spiro atoms. The molecule has 1 aromatic rings. The lowest BCUT2D eigenvalue weighted by molar-refractivity contribution is -0.142. The minimum atomic E-state index is -0.168. The molecular formula is C18H24O2. The second kappa shape index (κ2) is 9.13. The van der Waals surface area contributed by atoms with E-state index in [4.69, 9.17) is 4.74 Å². The fraction of sp³-hybridized carbons (Fsp3) is 0.389. The Labute approximate surface area is 122 Å². The molecule has 0 fully saturated rings. The van der Waals surface area contributed by atoms with Crippen molar-refractivity contribution in [2.45, 2.75) is 33.6 Å². The first-order chi connectivity index (χ1) is 9.58. The predicted molar refractivity (Wildman–Crippen MR) is 83.5 cm³/mol. The molecule has 0 N–H and O–H groups in total. The average molecular weight is 272 g/mol. The number of esters is 1. The molecule has 1 aromatic carbocycles. The average Bonchev–Trinajstić information content (AvgIpc) is 2.38. The molecule has 0 atom stereocenters. The molecule has 0 amide bonds. The van der Waals surface area contributed by atoms with Gasteiger partial charge in [0.05, 0.1) is 13.0 Å². The highest BCUT2D eigenvalue weighted by Gasteiger charge is 2.03. The maximum atomic E-state index is 11.6. The van der Waals surface area contributed by atoms with Gasteiger partial charge >= 0.3 is 5.97 Å². The number of carbonyl (C=O) groups is 1. The molecule has 108 valence electrons. The first-order valence-electron chi connectivity index (χ1n) is 7.12. The summed E-state index contributed by atoms with van der Waals surface area (Å²) in [5, 5.41) is 0. The smallest absolute Gasteiger partial charge is 0.310 e. The van der Waals surface area contributed by atoms with Crippen LogP contribution in [0.1, 0.15) is 32.8 Å². The van der Waals surface area contributed by atoms with Gasteiger partial charge in [-0.2, -0.15) is 0 Å². The van der Waals surface area contributed by atoms with Crippen LogP contribution >= 0.6 is 0 Å². The van der Waals surface area contributed by atoms with Gasteiger partial charge in [0.1, 0.15) is 0 Å². The van der Waals surface area contributed by atoms with Gasteiger partial charge in [-0.1, -0.05) is 68.0 Å². The van der Waals surface area contributed by atoms with Crippen molar-refractivity contribution in [1.82, 2.24) is 0 Å². The largest absolute Gasteiger partial charge is 0.465 e. The first-order valence-corrected chi connectivity index (χ1v) is 7.12. The van der Waals surface area contributed by atoms with Crippen molar-refractivity contribution in [3.8, 4) is 0 Å². The number of carbonyl (C=O) groups excluding carboxylic acids is 1. The number of hydrogen-bond acceptors (Lipinski definition) is 2. The summed E-state index contributed by atoms with van der Waals surface area (Å²) in [6.45, 7) is 6.83. The predicted octanol–water partition coefficient (Wildman–Crippen LogP) is 4.32. The lowest BCUT2D eigenvalue weighted by atomic mass is 10.1. The maximum absolute atomic E-state index is 11.6. The van der Waals surface area contributed by atoms with E-state index in [1.807, 2.05) is 36.4 Å². The van der Waals surface area contributed by atoms with Crippen LogP contribution in [0.5, 0.6) is 0 Å². The first kappa shape index (κ1) is 16.2. The number of rotatable bonds is 7. The van der Waals surface area contributed by atoms with Crippen LogP contribution in [0, 0.1) is 5.92 Å². The molecule has 2 heteroatoms. The van der Waals surface area contributed by atoms with Crippen LogP contribution in [0.4, 0.5) is 0 Å². The Balaban J connectivity index is 2.21. The molecule has 0 bridgehead atoms. The van der Waals surface area contributed by atoms with Crippen LogP contribution in [0.25, 0.3) is 0 Å². The number of hydrogen-bond donors (Lipinski definition) is 0. The Morgan fingerprint density at radius 1 is 1.25 bits per heavy atom. The minimum absolute atomic E-state index is 0.168. The highest BCUT2D eigenvalue weighted by Crippen LogP contribution is 2.04. The van der Waals surface area contributed by atoms with E-state index in [1.165, 1.54) is 5.57 Å². The second-order valence-electron chi connectivity index (χ2n) is 5.23. The molecule has 0 aliphatic heterocycles. The molecule has 0 unspecified atom stereocenters. The molecule has 0 radical (unpaired) electrons. The molecule has 0 aromatic heterocycles. The normalized spacial score (nSPS) is 12.1. The Kier molecular flexibility index (Phi) is 7.41. The summed E-state index contributed by atoms with van der Waals surface area (Å²) in [5.41, 5.74) is 2.24. The van der Waals surface area contributed by atoms with Gasteiger partial charge in [0.15, 0.2) is 0 Å². The van der Waals surface area contributed by atoms with Crippen LogP contribution in [0.3, 0.4) is 0 Å². The standard InChI is InChI=1S/C18H24O2/c1-15(2)13-16(3)9-7-8-12-20-18(19)14-17-10-5-4-6-11-17/h4-7,9-11,13,15H,8,12,14H2,1-3H3/b9-7+,16-13+. The summed E-state index contributed by atoms with van der Waals surface area (Å²) in [7, 11) is 0. The lowest BCUT2D eigenvalue weighted by Gasteiger charge is -2.03. The van der Waals surface area contributed by atoms with Crippen molar-refractivity contribution in [3.63, 3.8) is 0 Å². The van der Waals surface area contributed by atoms with E-state index >= 15 is 0 Å². The third-order valence-electron chi connectivity index (χ3n) is 2.72. The lowest BCUT2D eigenvalue weighted by Crippen LogP contribution is -2.08. The van der Waals surface area contributed by atoms with Gasteiger partial charge in [-0.3, -0.25) is 4.79 Å².